The Labute approximate surface area is 224 Å². The van der Waals surface area contributed by atoms with Crippen LogP contribution in [0.1, 0.15) is 201 Å². The van der Waals surface area contributed by atoms with E-state index in [0.29, 0.717) is 0 Å². The number of rotatable bonds is 30. The van der Waals surface area contributed by atoms with E-state index < -0.39 is 0 Å². The molecule has 210 valence electrons. The van der Waals surface area contributed by atoms with Crippen molar-refractivity contribution >= 4 is 0 Å². The molecule has 0 radical (unpaired) electrons. The lowest BCUT2D eigenvalue weighted by Gasteiger charge is -2.14. The molecular weight excluding hydrogens is 420 g/mol. The van der Waals surface area contributed by atoms with Crippen LogP contribution < -0.4 is 0 Å². The third kappa shape index (κ3) is 29.9. The lowest BCUT2D eigenvalue weighted by atomic mass is 9.92. The standard InChI is InChI=1S/C35H70/c1-5-7-9-11-13-15-17-18-19-20-22-24-26-28-31-35(4)33-29-32-34(3)30-27-25-23-21-16-14-12-10-8-6-2/h6,34-35H,2,5,7-33H2,1,3-4H3/t34-,35+/m1/s1. The highest BCUT2D eigenvalue weighted by molar-refractivity contribution is 4.65. The summed E-state index contributed by atoms with van der Waals surface area (Å²) in [4.78, 5) is 0. The van der Waals surface area contributed by atoms with Gasteiger partial charge in [0.1, 0.15) is 0 Å². The first-order valence-electron chi connectivity index (χ1n) is 16.8. The van der Waals surface area contributed by atoms with Crippen LogP contribution in [0.4, 0.5) is 0 Å². The fourth-order valence-corrected chi connectivity index (χ4v) is 5.63. The predicted octanol–water partition coefficient (Wildman–Crippen LogP) is 13.4. The van der Waals surface area contributed by atoms with Gasteiger partial charge in [-0.2, -0.15) is 0 Å². The molecule has 0 rings (SSSR count). The Morgan fingerprint density at radius 1 is 0.400 bits per heavy atom. The molecule has 0 aromatic carbocycles. The van der Waals surface area contributed by atoms with Gasteiger partial charge < -0.3 is 0 Å². The van der Waals surface area contributed by atoms with Crippen molar-refractivity contribution in [1.82, 2.24) is 0 Å². The molecular formula is C35H70. The van der Waals surface area contributed by atoms with Gasteiger partial charge in [0.2, 0.25) is 0 Å². The summed E-state index contributed by atoms with van der Waals surface area (Å²) in [5.74, 6) is 1.90. The van der Waals surface area contributed by atoms with Crippen LogP contribution in [0.5, 0.6) is 0 Å². The minimum atomic E-state index is 0.946. The summed E-state index contributed by atoms with van der Waals surface area (Å²) >= 11 is 0. The van der Waals surface area contributed by atoms with Crippen LogP contribution >= 0.6 is 0 Å². The van der Waals surface area contributed by atoms with Gasteiger partial charge in [0, 0.05) is 0 Å². The van der Waals surface area contributed by atoms with Gasteiger partial charge >= 0.3 is 0 Å². The van der Waals surface area contributed by atoms with E-state index in [1.807, 2.05) is 0 Å². The Balaban J connectivity index is 3.27. The smallest absolute Gasteiger partial charge is 0.0353 e. The first-order chi connectivity index (χ1) is 17.2. The zero-order valence-corrected chi connectivity index (χ0v) is 25.2. The van der Waals surface area contributed by atoms with E-state index in [9.17, 15) is 0 Å². The number of allylic oxidation sites excluding steroid dienone is 1. The summed E-state index contributed by atoms with van der Waals surface area (Å²) in [5.41, 5.74) is 0. The van der Waals surface area contributed by atoms with E-state index in [0.717, 1.165) is 11.8 Å². The van der Waals surface area contributed by atoms with Crippen molar-refractivity contribution in [2.75, 3.05) is 0 Å². The molecule has 0 spiro atoms. The van der Waals surface area contributed by atoms with Gasteiger partial charge in [-0.15, -0.1) is 6.58 Å². The van der Waals surface area contributed by atoms with Crippen molar-refractivity contribution in [1.29, 1.82) is 0 Å². The Hall–Kier alpha value is -0.260. The molecule has 0 saturated carbocycles. The Kier molecular flexibility index (Phi) is 29.7. The maximum Gasteiger partial charge on any atom is -0.0353 e. The lowest BCUT2D eigenvalue weighted by molar-refractivity contribution is 0.390. The molecule has 0 bridgehead atoms. The summed E-state index contributed by atoms with van der Waals surface area (Å²) in [6.07, 6.45) is 42.7. The summed E-state index contributed by atoms with van der Waals surface area (Å²) in [5, 5.41) is 0. The molecule has 0 aliphatic heterocycles. The molecule has 0 nitrogen and oxygen atoms in total. The van der Waals surface area contributed by atoms with E-state index in [4.69, 9.17) is 0 Å². The first kappa shape index (κ1) is 34.7. The maximum atomic E-state index is 3.81. The summed E-state index contributed by atoms with van der Waals surface area (Å²) in [6.45, 7) is 11.1. The molecule has 0 saturated heterocycles. The summed E-state index contributed by atoms with van der Waals surface area (Å²) in [6, 6.07) is 0. The molecule has 0 unspecified atom stereocenters. The van der Waals surface area contributed by atoms with Crippen LogP contribution in [0, 0.1) is 11.8 Å². The highest BCUT2D eigenvalue weighted by Crippen LogP contribution is 2.22. The molecule has 0 aromatic rings. The van der Waals surface area contributed by atoms with Gasteiger partial charge in [0.15, 0.2) is 0 Å². The van der Waals surface area contributed by atoms with Gasteiger partial charge in [0.25, 0.3) is 0 Å². The van der Waals surface area contributed by atoms with E-state index >= 15 is 0 Å². The molecule has 0 heteroatoms. The quantitative estimate of drug-likeness (QED) is 0.0693. The third-order valence-corrected chi connectivity index (χ3v) is 8.30. The molecule has 0 fully saturated rings. The molecule has 0 amide bonds. The van der Waals surface area contributed by atoms with Crippen molar-refractivity contribution in [3.63, 3.8) is 0 Å². The van der Waals surface area contributed by atoms with Crippen molar-refractivity contribution in [3.8, 4) is 0 Å². The van der Waals surface area contributed by atoms with Gasteiger partial charge in [0.05, 0.1) is 0 Å². The SMILES string of the molecule is C=CCCCCCCCCCC[C@@H](C)CCC[C@@H](C)CCCCCCCCCCCCCCCC. The monoisotopic (exact) mass is 491 g/mol. The largest absolute Gasteiger partial charge is 0.103 e. The summed E-state index contributed by atoms with van der Waals surface area (Å²) < 4.78 is 0. The number of hydrogen-bond donors (Lipinski definition) is 0. The Morgan fingerprint density at radius 3 is 1.03 bits per heavy atom. The Morgan fingerprint density at radius 2 is 0.686 bits per heavy atom. The van der Waals surface area contributed by atoms with E-state index in [2.05, 4.69) is 33.4 Å². The lowest BCUT2D eigenvalue weighted by Crippen LogP contribution is -1.99. The Bertz CT molecular complexity index is 383. The zero-order chi connectivity index (χ0) is 25.7. The van der Waals surface area contributed by atoms with Gasteiger partial charge in [-0.3, -0.25) is 0 Å². The minimum absolute atomic E-state index is 0.946. The second-order valence-corrected chi connectivity index (χ2v) is 12.2. The molecule has 35 heavy (non-hydrogen) atoms. The van der Waals surface area contributed by atoms with Gasteiger partial charge in [-0.05, 0) is 24.7 Å². The third-order valence-electron chi connectivity index (χ3n) is 8.30. The molecule has 0 N–H and O–H groups in total. The number of hydrogen-bond acceptors (Lipinski definition) is 0. The van der Waals surface area contributed by atoms with Crippen LogP contribution in [-0.2, 0) is 0 Å². The van der Waals surface area contributed by atoms with Crippen molar-refractivity contribution in [2.45, 2.75) is 201 Å². The predicted molar refractivity (Wildman–Crippen MR) is 163 cm³/mol. The number of unbranched alkanes of at least 4 members (excludes halogenated alkanes) is 21. The minimum Gasteiger partial charge on any atom is -0.103 e. The second-order valence-electron chi connectivity index (χ2n) is 12.2. The van der Waals surface area contributed by atoms with Crippen molar-refractivity contribution in [3.05, 3.63) is 12.7 Å². The average Bonchev–Trinajstić information content (AvgIpc) is 2.85. The van der Waals surface area contributed by atoms with Crippen molar-refractivity contribution in [2.24, 2.45) is 11.8 Å². The fraction of sp³-hybridized carbons (Fsp3) is 0.943. The van der Waals surface area contributed by atoms with Crippen LogP contribution in [0.15, 0.2) is 12.7 Å². The first-order valence-corrected chi connectivity index (χ1v) is 16.8. The zero-order valence-electron chi connectivity index (χ0n) is 25.2. The average molecular weight is 491 g/mol. The highest BCUT2D eigenvalue weighted by Gasteiger charge is 2.06. The van der Waals surface area contributed by atoms with E-state index in [1.165, 1.54) is 180 Å². The molecule has 0 aliphatic carbocycles. The second kappa shape index (κ2) is 30.0. The topological polar surface area (TPSA) is 0 Å². The summed E-state index contributed by atoms with van der Waals surface area (Å²) in [7, 11) is 0. The van der Waals surface area contributed by atoms with Gasteiger partial charge in [-0.1, -0.05) is 194 Å². The van der Waals surface area contributed by atoms with E-state index in [-0.39, 0.29) is 0 Å². The normalized spacial score (nSPS) is 13.2. The maximum absolute atomic E-state index is 3.81. The van der Waals surface area contributed by atoms with Crippen LogP contribution in [0.25, 0.3) is 0 Å². The molecule has 2 atom stereocenters. The van der Waals surface area contributed by atoms with Crippen LogP contribution in [0.2, 0.25) is 0 Å². The van der Waals surface area contributed by atoms with Crippen LogP contribution in [-0.4, -0.2) is 0 Å². The van der Waals surface area contributed by atoms with Crippen molar-refractivity contribution < 1.29 is 0 Å². The van der Waals surface area contributed by atoms with E-state index in [1.54, 1.807) is 0 Å². The van der Waals surface area contributed by atoms with Crippen LogP contribution in [0.3, 0.4) is 0 Å². The van der Waals surface area contributed by atoms with Gasteiger partial charge in [-0.25, -0.2) is 0 Å². The fourth-order valence-electron chi connectivity index (χ4n) is 5.63. The highest BCUT2D eigenvalue weighted by atomic mass is 14.1. The molecule has 0 aromatic heterocycles. The molecule has 0 heterocycles. The molecule has 0 aliphatic rings.